The third-order valence-corrected chi connectivity index (χ3v) is 3.06. The molecule has 7 nitrogen and oxygen atoms in total. The highest BCUT2D eigenvalue weighted by Crippen LogP contribution is 2.21. The van der Waals surface area contributed by atoms with Gasteiger partial charge in [-0.05, 0) is 0 Å². The van der Waals surface area contributed by atoms with E-state index in [2.05, 4.69) is 10.6 Å². The summed E-state index contributed by atoms with van der Waals surface area (Å²) in [7, 11) is 1.58. The summed E-state index contributed by atoms with van der Waals surface area (Å²) in [5, 5.41) is 13.8. The normalized spacial score (nSPS) is 24.6. The van der Waals surface area contributed by atoms with Gasteiger partial charge in [0.2, 0.25) is 0 Å². The van der Waals surface area contributed by atoms with Crippen LogP contribution in [0.3, 0.4) is 0 Å². The molecule has 0 aromatic carbocycles. The molecule has 0 bridgehead atoms. The Morgan fingerprint density at radius 1 is 1.50 bits per heavy atom. The van der Waals surface area contributed by atoms with Gasteiger partial charge in [-0.25, -0.2) is 4.79 Å². The van der Waals surface area contributed by atoms with Crippen LogP contribution in [0.1, 0.15) is 13.3 Å². The van der Waals surface area contributed by atoms with Crippen LogP contribution in [0.25, 0.3) is 0 Å². The molecule has 0 spiro atoms. The second-order valence-electron chi connectivity index (χ2n) is 4.49. The topological polar surface area (TPSA) is 96.9 Å². The van der Waals surface area contributed by atoms with Crippen LogP contribution in [0.15, 0.2) is 0 Å². The smallest absolute Gasteiger partial charge is 0.314 e. The van der Waals surface area contributed by atoms with Crippen LogP contribution in [0.2, 0.25) is 0 Å². The van der Waals surface area contributed by atoms with Crippen molar-refractivity contribution in [2.45, 2.75) is 18.9 Å². The molecule has 1 heterocycles. The SMILES string of the molecule is COC1(CNC(=O)NCC(C)C(=O)O)CCOC1. The average molecular weight is 260 g/mol. The van der Waals surface area contributed by atoms with Gasteiger partial charge in [-0.15, -0.1) is 0 Å². The summed E-state index contributed by atoms with van der Waals surface area (Å²) in [6.45, 7) is 3.04. The maximum atomic E-state index is 11.5. The maximum Gasteiger partial charge on any atom is 0.314 e. The average Bonchev–Trinajstić information content (AvgIpc) is 2.82. The highest BCUT2D eigenvalue weighted by molar-refractivity contribution is 5.75. The highest BCUT2D eigenvalue weighted by atomic mass is 16.5. The van der Waals surface area contributed by atoms with Crippen LogP contribution in [-0.2, 0) is 14.3 Å². The van der Waals surface area contributed by atoms with Crippen molar-refractivity contribution in [1.29, 1.82) is 0 Å². The number of aliphatic carboxylic acids is 1. The molecule has 2 atom stereocenters. The van der Waals surface area contributed by atoms with Crippen molar-refractivity contribution >= 4 is 12.0 Å². The predicted octanol–water partition coefficient (Wildman–Crippen LogP) is -0.188. The summed E-state index contributed by atoms with van der Waals surface area (Å²) in [5.41, 5.74) is -0.463. The zero-order chi connectivity index (χ0) is 13.6. The van der Waals surface area contributed by atoms with Gasteiger partial charge >= 0.3 is 12.0 Å². The largest absolute Gasteiger partial charge is 0.481 e. The number of carbonyl (C=O) groups is 2. The maximum absolute atomic E-state index is 11.5. The van der Waals surface area contributed by atoms with E-state index >= 15 is 0 Å². The van der Waals surface area contributed by atoms with Gasteiger partial charge in [0.25, 0.3) is 0 Å². The lowest BCUT2D eigenvalue weighted by atomic mass is 10.0. The third-order valence-electron chi connectivity index (χ3n) is 3.06. The Labute approximate surface area is 106 Å². The highest BCUT2D eigenvalue weighted by Gasteiger charge is 2.35. The quantitative estimate of drug-likeness (QED) is 0.615. The van der Waals surface area contributed by atoms with E-state index in [-0.39, 0.29) is 6.54 Å². The Balaban J connectivity index is 2.26. The molecule has 1 rings (SSSR count). The first kappa shape index (κ1) is 14.7. The van der Waals surface area contributed by atoms with Gasteiger partial charge in [0, 0.05) is 26.7 Å². The van der Waals surface area contributed by atoms with Crippen molar-refractivity contribution < 1.29 is 24.2 Å². The van der Waals surface area contributed by atoms with Crippen LogP contribution in [0.4, 0.5) is 4.79 Å². The van der Waals surface area contributed by atoms with Gasteiger partial charge in [0.15, 0.2) is 0 Å². The Bertz CT molecular complexity index is 302. The number of ether oxygens (including phenoxy) is 2. The number of urea groups is 1. The molecule has 0 aliphatic carbocycles. The number of carbonyl (C=O) groups excluding carboxylic acids is 1. The molecule has 1 saturated heterocycles. The number of rotatable bonds is 6. The van der Waals surface area contributed by atoms with Crippen molar-refractivity contribution in [2.75, 3.05) is 33.4 Å². The molecule has 104 valence electrons. The zero-order valence-electron chi connectivity index (χ0n) is 10.7. The third kappa shape index (κ3) is 4.15. The summed E-state index contributed by atoms with van der Waals surface area (Å²) in [6, 6.07) is -0.397. The van der Waals surface area contributed by atoms with E-state index in [0.717, 1.165) is 6.42 Å². The number of methoxy groups -OCH3 is 1. The molecule has 2 amide bonds. The molecular formula is C11H20N2O5. The second-order valence-corrected chi connectivity index (χ2v) is 4.49. The Hall–Kier alpha value is -1.34. The molecule has 1 aliphatic heterocycles. The van der Waals surface area contributed by atoms with Gasteiger partial charge in [0.05, 0.1) is 19.1 Å². The van der Waals surface area contributed by atoms with E-state index in [0.29, 0.717) is 19.8 Å². The van der Waals surface area contributed by atoms with Crippen LogP contribution in [0, 0.1) is 5.92 Å². The predicted molar refractivity (Wildman–Crippen MR) is 63.4 cm³/mol. The first-order valence-corrected chi connectivity index (χ1v) is 5.86. The van der Waals surface area contributed by atoms with Crippen molar-refractivity contribution in [2.24, 2.45) is 5.92 Å². The van der Waals surface area contributed by atoms with Crippen LogP contribution >= 0.6 is 0 Å². The van der Waals surface area contributed by atoms with Crippen LogP contribution in [-0.4, -0.2) is 56.1 Å². The molecule has 1 aliphatic rings. The molecule has 2 unspecified atom stereocenters. The second kappa shape index (κ2) is 6.55. The van der Waals surface area contributed by atoms with E-state index in [9.17, 15) is 9.59 Å². The number of amides is 2. The number of hydrogen-bond acceptors (Lipinski definition) is 4. The van der Waals surface area contributed by atoms with E-state index < -0.39 is 23.5 Å². The fraction of sp³-hybridized carbons (Fsp3) is 0.818. The standard InChI is InChI=1S/C11H20N2O5/c1-8(9(14)15)5-12-10(16)13-6-11(17-2)3-4-18-7-11/h8H,3-7H2,1-2H3,(H,14,15)(H2,12,13,16). The molecule has 0 aromatic rings. The fourth-order valence-electron chi connectivity index (χ4n) is 1.60. The molecule has 0 radical (unpaired) electrons. The summed E-state index contributed by atoms with van der Waals surface area (Å²) in [6.07, 6.45) is 0.731. The number of carboxylic acid groups (broad SMARTS) is 1. The van der Waals surface area contributed by atoms with Gasteiger partial charge in [0.1, 0.15) is 5.60 Å². The van der Waals surface area contributed by atoms with E-state index in [1.807, 2.05) is 0 Å². The van der Waals surface area contributed by atoms with Gasteiger partial charge in [-0.2, -0.15) is 0 Å². The van der Waals surface area contributed by atoms with E-state index in [4.69, 9.17) is 14.6 Å². The Morgan fingerprint density at radius 3 is 2.72 bits per heavy atom. The summed E-state index contributed by atoms with van der Waals surface area (Å²) < 4.78 is 10.6. The Kier molecular flexibility index (Phi) is 5.36. The summed E-state index contributed by atoms with van der Waals surface area (Å²) >= 11 is 0. The monoisotopic (exact) mass is 260 g/mol. The molecule has 7 heteroatoms. The lowest BCUT2D eigenvalue weighted by Gasteiger charge is -2.25. The molecule has 0 aromatic heterocycles. The molecule has 18 heavy (non-hydrogen) atoms. The van der Waals surface area contributed by atoms with Gasteiger partial charge in [-0.3, -0.25) is 4.79 Å². The molecule has 3 N–H and O–H groups in total. The minimum Gasteiger partial charge on any atom is -0.481 e. The molecule has 1 fully saturated rings. The van der Waals surface area contributed by atoms with Gasteiger partial charge < -0.3 is 25.2 Å². The fourth-order valence-corrected chi connectivity index (χ4v) is 1.60. The first-order chi connectivity index (χ1) is 8.49. The number of nitrogens with one attached hydrogen (secondary N) is 2. The first-order valence-electron chi connectivity index (χ1n) is 5.86. The van der Waals surface area contributed by atoms with Crippen LogP contribution < -0.4 is 10.6 Å². The molecule has 0 saturated carbocycles. The molecular weight excluding hydrogens is 240 g/mol. The van der Waals surface area contributed by atoms with Crippen LogP contribution in [0.5, 0.6) is 0 Å². The lowest BCUT2D eigenvalue weighted by molar-refractivity contribution is -0.140. The van der Waals surface area contributed by atoms with Crippen molar-refractivity contribution in [3.8, 4) is 0 Å². The van der Waals surface area contributed by atoms with Gasteiger partial charge in [-0.1, -0.05) is 6.92 Å². The van der Waals surface area contributed by atoms with E-state index in [1.54, 1.807) is 7.11 Å². The minimum absolute atomic E-state index is 0.0949. The van der Waals surface area contributed by atoms with E-state index in [1.165, 1.54) is 6.92 Å². The minimum atomic E-state index is -0.937. The zero-order valence-corrected chi connectivity index (χ0v) is 10.7. The van der Waals surface area contributed by atoms with Crippen molar-refractivity contribution in [3.63, 3.8) is 0 Å². The number of carboxylic acids is 1. The Morgan fingerprint density at radius 2 is 2.22 bits per heavy atom. The van der Waals surface area contributed by atoms with Crippen molar-refractivity contribution in [3.05, 3.63) is 0 Å². The lowest BCUT2D eigenvalue weighted by Crippen LogP contribution is -2.48. The van der Waals surface area contributed by atoms with Crippen molar-refractivity contribution in [1.82, 2.24) is 10.6 Å². The number of hydrogen-bond donors (Lipinski definition) is 3. The summed E-state index contributed by atoms with van der Waals surface area (Å²) in [4.78, 5) is 22.0. The summed E-state index contributed by atoms with van der Waals surface area (Å²) in [5.74, 6) is -1.55.